The van der Waals surface area contributed by atoms with Crippen LogP contribution in [0.2, 0.25) is 0 Å². The second kappa shape index (κ2) is 7.39. The van der Waals surface area contributed by atoms with Gasteiger partial charge in [-0.05, 0) is 12.5 Å². The van der Waals surface area contributed by atoms with E-state index < -0.39 is 0 Å². The Bertz CT molecular complexity index is 277. The number of benzene rings is 1. The number of hydrogen-bond acceptors (Lipinski definition) is 3. The second-order valence-electron chi connectivity index (χ2n) is 3.94. The van der Waals surface area contributed by atoms with Gasteiger partial charge in [0.2, 0.25) is 0 Å². The average Bonchev–Trinajstić information content (AvgIpc) is 2.30. The fourth-order valence-corrected chi connectivity index (χ4v) is 1.73. The van der Waals surface area contributed by atoms with Gasteiger partial charge in [0.05, 0.1) is 19.3 Å². The van der Waals surface area contributed by atoms with Crippen molar-refractivity contribution in [2.75, 3.05) is 27.4 Å². The Kier molecular flexibility index (Phi) is 6.08. The molecule has 0 heterocycles. The first kappa shape index (κ1) is 13.2. The number of rotatable bonds is 7. The number of ether oxygens (including phenoxy) is 2. The van der Waals surface area contributed by atoms with Crippen molar-refractivity contribution in [1.29, 1.82) is 0 Å². The van der Waals surface area contributed by atoms with Gasteiger partial charge in [0.15, 0.2) is 0 Å². The largest absolute Gasteiger partial charge is 0.383 e. The molecule has 0 bridgehead atoms. The van der Waals surface area contributed by atoms with Crippen LogP contribution >= 0.6 is 0 Å². The summed E-state index contributed by atoms with van der Waals surface area (Å²) in [7, 11) is 3.44. The topological polar surface area (TPSA) is 30.5 Å². The van der Waals surface area contributed by atoms with Gasteiger partial charge in [-0.15, -0.1) is 0 Å². The summed E-state index contributed by atoms with van der Waals surface area (Å²) in [6.07, 6.45) is 0. The Labute approximate surface area is 97.8 Å². The molecule has 0 aliphatic rings. The summed E-state index contributed by atoms with van der Waals surface area (Å²) in [5.74, 6) is 0. The molecular formula is C13H21NO2. The third-order valence-corrected chi connectivity index (χ3v) is 2.44. The smallest absolute Gasteiger partial charge is 0.0657 e. The van der Waals surface area contributed by atoms with Crippen LogP contribution in [0.1, 0.15) is 18.5 Å². The molecule has 1 rings (SSSR count). The van der Waals surface area contributed by atoms with E-state index in [1.807, 2.05) is 18.2 Å². The van der Waals surface area contributed by atoms with Crippen molar-refractivity contribution in [2.24, 2.45) is 0 Å². The van der Waals surface area contributed by atoms with Crippen LogP contribution in [0.15, 0.2) is 30.3 Å². The zero-order valence-electron chi connectivity index (χ0n) is 10.3. The minimum Gasteiger partial charge on any atom is -0.383 e. The Morgan fingerprint density at radius 3 is 2.25 bits per heavy atom. The summed E-state index contributed by atoms with van der Waals surface area (Å²) in [5, 5.41) is 3.49. The molecule has 1 aromatic rings. The maximum absolute atomic E-state index is 5.23. The molecule has 0 aliphatic carbocycles. The SMILES string of the molecule is COCC(C)NC(COC)c1ccccc1. The summed E-state index contributed by atoms with van der Waals surface area (Å²) >= 11 is 0. The molecule has 90 valence electrons. The van der Waals surface area contributed by atoms with Crippen LogP contribution in [0.3, 0.4) is 0 Å². The van der Waals surface area contributed by atoms with E-state index in [1.54, 1.807) is 14.2 Å². The molecule has 0 aromatic heterocycles. The maximum atomic E-state index is 5.23. The standard InChI is InChI=1S/C13H21NO2/c1-11(9-15-2)14-13(10-16-3)12-7-5-4-6-8-12/h4-8,11,13-14H,9-10H2,1-3H3. The normalized spacial score (nSPS) is 14.7. The monoisotopic (exact) mass is 223 g/mol. The van der Waals surface area contributed by atoms with Gasteiger partial charge in [0.1, 0.15) is 0 Å². The number of nitrogens with one attached hydrogen (secondary N) is 1. The van der Waals surface area contributed by atoms with Crippen LogP contribution in [-0.2, 0) is 9.47 Å². The number of methoxy groups -OCH3 is 2. The molecule has 1 aromatic carbocycles. The molecule has 0 saturated carbocycles. The molecule has 2 atom stereocenters. The van der Waals surface area contributed by atoms with E-state index in [9.17, 15) is 0 Å². The lowest BCUT2D eigenvalue weighted by Gasteiger charge is -2.22. The quantitative estimate of drug-likeness (QED) is 0.767. The molecule has 1 N–H and O–H groups in total. The van der Waals surface area contributed by atoms with Crippen molar-refractivity contribution >= 4 is 0 Å². The van der Waals surface area contributed by atoms with Crippen LogP contribution in [0.4, 0.5) is 0 Å². The summed E-state index contributed by atoms with van der Waals surface area (Å²) in [6.45, 7) is 3.47. The molecule has 0 saturated heterocycles. The lowest BCUT2D eigenvalue weighted by Crippen LogP contribution is -2.35. The van der Waals surface area contributed by atoms with Gasteiger partial charge in [-0.25, -0.2) is 0 Å². The molecule has 0 spiro atoms. The van der Waals surface area contributed by atoms with Crippen LogP contribution in [0.5, 0.6) is 0 Å². The Morgan fingerprint density at radius 2 is 1.69 bits per heavy atom. The fraction of sp³-hybridized carbons (Fsp3) is 0.538. The highest BCUT2D eigenvalue weighted by atomic mass is 16.5. The summed E-state index contributed by atoms with van der Waals surface area (Å²) < 4.78 is 10.3. The van der Waals surface area contributed by atoms with E-state index in [2.05, 4.69) is 24.4 Å². The van der Waals surface area contributed by atoms with Crippen LogP contribution in [0.25, 0.3) is 0 Å². The van der Waals surface area contributed by atoms with E-state index in [-0.39, 0.29) is 6.04 Å². The highest BCUT2D eigenvalue weighted by molar-refractivity contribution is 5.19. The molecule has 3 heteroatoms. The van der Waals surface area contributed by atoms with Crippen LogP contribution in [0, 0.1) is 0 Å². The number of hydrogen-bond donors (Lipinski definition) is 1. The van der Waals surface area contributed by atoms with Gasteiger partial charge in [0.25, 0.3) is 0 Å². The van der Waals surface area contributed by atoms with Crippen molar-refractivity contribution in [3.63, 3.8) is 0 Å². The van der Waals surface area contributed by atoms with Gasteiger partial charge in [-0.1, -0.05) is 30.3 Å². The van der Waals surface area contributed by atoms with Crippen LogP contribution < -0.4 is 5.32 Å². The van der Waals surface area contributed by atoms with Crippen LogP contribution in [-0.4, -0.2) is 33.5 Å². The summed E-state index contributed by atoms with van der Waals surface area (Å²) in [5.41, 5.74) is 1.24. The van der Waals surface area contributed by atoms with E-state index in [4.69, 9.17) is 9.47 Å². The van der Waals surface area contributed by atoms with Crippen molar-refractivity contribution in [3.8, 4) is 0 Å². The predicted molar refractivity (Wildman–Crippen MR) is 65.5 cm³/mol. The van der Waals surface area contributed by atoms with Gasteiger partial charge >= 0.3 is 0 Å². The Hall–Kier alpha value is -0.900. The van der Waals surface area contributed by atoms with Gasteiger partial charge in [-0.2, -0.15) is 0 Å². The van der Waals surface area contributed by atoms with Gasteiger partial charge in [0, 0.05) is 20.3 Å². The zero-order valence-corrected chi connectivity index (χ0v) is 10.3. The maximum Gasteiger partial charge on any atom is 0.0657 e. The lowest BCUT2D eigenvalue weighted by molar-refractivity contribution is 0.135. The fourth-order valence-electron chi connectivity index (χ4n) is 1.73. The molecule has 0 radical (unpaired) electrons. The second-order valence-corrected chi connectivity index (χ2v) is 3.94. The first-order valence-corrected chi connectivity index (χ1v) is 5.56. The van der Waals surface area contributed by atoms with E-state index in [0.717, 1.165) is 0 Å². The first-order chi connectivity index (χ1) is 7.77. The molecule has 3 nitrogen and oxygen atoms in total. The van der Waals surface area contributed by atoms with Gasteiger partial charge in [-0.3, -0.25) is 0 Å². The Morgan fingerprint density at radius 1 is 1.06 bits per heavy atom. The average molecular weight is 223 g/mol. The molecule has 0 aliphatic heterocycles. The highest BCUT2D eigenvalue weighted by Crippen LogP contribution is 2.13. The highest BCUT2D eigenvalue weighted by Gasteiger charge is 2.13. The molecular weight excluding hydrogens is 202 g/mol. The third kappa shape index (κ3) is 4.31. The lowest BCUT2D eigenvalue weighted by atomic mass is 10.1. The molecule has 0 fully saturated rings. The Balaban J connectivity index is 2.60. The molecule has 16 heavy (non-hydrogen) atoms. The van der Waals surface area contributed by atoms with Crippen molar-refractivity contribution in [2.45, 2.75) is 19.0 Å². The summed E-state index contributed by atoms with van der Waals surface area (Å²) in [6, 6.07) is 10.8. The van der Waals surface area contributed by atoms with Crippen molar-refractivity contribution < 1.29 is 9.47 Å². The van der Waals surface area contributed by atoms with E-state index >= 15 is 0 Å². The summed E-state index contributed by atoms with van der Waals surface area (Å²) in [4.78, 5) is 0. The van der Waals surface area contributed by atoms with E-state index in [0.29, 0.717) is 19.3 Å². The first-order valence-electron chi connectivity index (χ1n) is 5.56. The zero-order chi connectivity index (χ0) is 11.8. The predicted octanol–water partition coefficient (Wildman–Crippen LogP) is 2.00. The van der Waals surface area contributed by atoms with E-state index in [1.165, 1.54) is 5.56 Å². The third-order valence-electron chi connectivity index (χ3n) is 2.44. The van der Waals surface area contributed by atoms with Crippen molar-refractivity contribution in [3.05, 3.63) is 35.9 Å². The minimum absolute atomic E-state index is 0.219. The van der Waals surface area contributed by atoms with Gasteiger partial charge < -0.3 is 14.8 Å². The minimum atomic E-state index is 0.219. The molecule has 2 unspecified atom stereocenters. The molecule has 0 amide bonds. The van der Waals surface area contributed by atoms with Crippen molar-refractivity contribution in [1.82, 2.24) is 5.32 Å².